The van der Waals surface area contributed by atoms with E-state index in [9.17, 15) is 37.3 Å². The molecule has 0 radical (unpaired) electrons. The second-order valence-corrected chi connectivity index (χ2v) is 15.6. The van der Waals surface area contributed by atoms with Gasteiger partial charge in [0, 0.05) is 64.9 Å². The number of ketones is 1. The number of carbonyl (C=O) groups is 4. The number of aliphatic carboxylic acids is 1. The molecule has 53 heavy (non-hydrogen) atoms. The number of ether oxygens (including phenoxy) is 1. The van der Waals surface area contributed by atoms with Crippen molar-refractivity contribution in [2.45, 2.75) is 67.2 Å². The molecule has 16 heteroatoms. The highest BCUT2D eigenvalue weighted by Gasteiger charge is 2.39. The van der Waals surface area contributed by atoms with Crippen LogP contribution in [0.1, 0.15) is 96.6 Å². The summed E-state index contributed by atoms with van der Waals surface area (Å²) in [5.74, 6) is -4.12. The van der Waals surface area contributed by atoms with Crippen molar-refractivity contribution in [3.8, 4) is 0 Å². The van der Waals surface area contributed by atoms with Crippen LogP contribution in [0, 0.1) is 37.5 Å². The van der Waals surface area contributed by atoms with Gasteiger partial charge in [-0.2, -0.15) is 8.42 Å². The van der Waals surface area contributed by atoms with E-state index in [-0.39, 0.29) is 54.1 Å². The molecule has 0 fully saturated rings. The Morgan fingerprint density at radius 1 is 0.962 bits per heavy atom. The van der Waals surface area contributed by atoms with Crippen molar-refractivity contribution in [3.05, 3.63) is 55.7 Å². The van der Waals surface area contributed by atoms with E-state index in [1.54, 1.807) is 16.3 Å². The highest BCUT2D eigenvalue weighted by atomic mass is 32.2. The van der Waals surface area contributed by atoms with Crippen molar-refractivity contribution in [1.29, 1.82) is 0 Å². The summed E-state index contributed by atoms with van der Waals surface area (Å²) in [7, 11) is -3.17. The van der Waals surface area contributed by atoms with Crippen molar-refractivity contribution in [3.63, 3.8) is 0 Å². The van der Waals surface area contributed by atoms with Gasteiger partial charge in [-0.1, -0.05) is 20.8 Å². The Kier molecular flexibility index (Phi) is 9.98. The number of aromatic nitrogens is 2. The van der Waals surface area contributed by atoms with E-state index in [2.05, 4.69) is 24.7 Å². The summed E-state index contributed by atoms with van der Waals surface area (Å²) in [5.41, 5.74) is 8.71. The fourth-order valence-electron chi connectivity index (χ4n) is 8.10. The Morgan fingerprint density at radius 2 is 1.62 bits per heavy atom. The van der Waals surface area contributed by atoms with Gasteiger partial charge in [-0.05, 0) is 63.0 Å². The quantitative estimate of drug-likeness (QED) is 0.150. The van der Waals surface area contributed by atoms with Crippen molar-refractivity contribution in [1.82, 2.24) is 14.7 Å². The lowest BCUT2D eigenvalue weighted by atomic mass is 9.84. The van der Waals surface area contributed by atoms with Gasteiger partial charge in [0.1, 0.15) is 0 Å². The van der Waals surface area contributed by atoms with E-state index >= 15 is 0 Å². The van der Waals surface area contributed by atoms with E-state index in [0.717, 1.165) is 17.8 Å². The Morgan fingerprint density at radius 3 is 2.25 bits per heavy atom. The predicted octanol–water partition coefficient (Wildman–Crippen LogP) is 2.63. The number of carboxylic acids is 1. The number of nitrogens with one attached hydrogen (secondary N) is 2. The van der Waals surface area contributed by atoms with E-state index in [1.165, 1.54) is 14.0 Å². The standard InChI is InChI=1S/C37H44N6O9S/c1-8-22-17(2)25-15-30-33(21(6)44)19(4)28-14-26-18(3)23(9-10-31(45)46)35(40-26)24(13-32(47)52-7)36-34(37(48)38-11-12-53(49,50)51)20(5)29(16-27(22)39-25)43(36)41-42(28)30/h14-18,22-23,41H,8-13H2,1-7H3,(H,38,48)(H,45,46)(H,49,50,51)/b25-15?,26-14?,27-16-,28-14-,29-16?,30-15-,35-24-,36-24?/t17-,18+,22-,23+/m1/s1. The second-order valence-electron chi connectivity index (χ2n) is 14.1. The molecule has 0 aromatic carbocycles. The van der Waals surface area contributed by atoms with Crippen LogP contribution in [-0.2, 0) is 24.4 Å². The number of esters is 1. The third-order valence-corrected chi connectivity index (χ3v) is 11.6. The molecule has 0 unspecified atom stereocenters. The molecule has 282 valence electrons. The smallest absolute Gasteiger partial charge is 0.310 e. The van der Waals surface area contributed by atoms with Crippen LogP contribution in [0.15, 0.2) is 21.4 Å². The summed E-state index contributed by atoms with van der Waals surface area (Å²) in [6.07, 6.45) is 6.05. The number of fused-ring (bicyclic) bond motifs is 2. The summed E-state index contributed by atoms with van der Waals surface area (Å²) >= 11 is 0. The maximum absolute atomic E-state index is 14.3. The Balaban J connectivity index is 1.81. The number of hydrogen-bond acceptors (Lipinski definition) is 10. The number of Topliss-reactive ketones (excluding diaryl/α,β-unsaturated/α-hetero) is 1. The summed E-state index contributed by atoms with van der Waals surface area (Å²) in [6, 6.07) is 0. The van der Waals surface area contributed by atoms with Crippen LogP contribution in [0.4, 0.5) is 0 Å². The van der Waals surface area contributed by atoms with Crippen LogP contribution < -0.4 is 21.5 Å². The molecule has 0 saturated carbocycles. The maximum Gasteiger partial charge on any atom is 0.310 e. The van der Waals surface area contributed by atoms with Gasteiger partial charge in [-0.25, -0.2) is 14.9 Å². The number of hydrogen-bond donors (Lipinski definition) is 4. The van der Waals surface area contributed by atoms with E-state index in [0.29, 0.717) is 50.1 Å². The topological polar surface area (TPSA) is 211 Å². The average Bonchev–Trinajstić information content (AvgIpc) is 3.72. The Labute approximate surface area is 306 Å². The van der Waals surface area contributed by atoms with Crippen molar-refractivity contribution >= 4 is 69.0 Å². The molecule has 6 rings (SSSR count). The van der Waals surface area contributed by atoms with Gasteiger partial charge >= 0.3 is 11.9 Å². The van der Waals surface area contributed by atoms with Gasteiger partial charge in [0.15, 0.2) is 5.78 Å². The molecule has 6 heterocycles. The fourth-order valence-corrected chi connectivity index (χ4v) is 8.46. The molecule has 4 N–H and O–H groups in total. The number of carbonyl (C=O) groups excluding carboxylic acids is 3. The second kappa shape index (κ2) is 14.0. The molecule has 2 aromatic rings. The predicted molar refractivity (Wildman–Crippen MR) is 199 cm³/mol. The zero-order valence-corrected chi connectivity index (χ0v) is 31.5. The van der Waals surface area contributed by atoms with Gasteiger partial charge in [0.05, 0.1) is 52.6 Å². The third kappa shape index (κ3) is 6.69. The molecular weight excluding hydrogens is 705 g/mol. The number of allylic oxidation sites excluding steroid dienone is 2. The minimum atomic E-state index is -4.41. The van der Waals surface area contributed by atoms with Gasteiger partial charge in [-0.15, -0.1) is 0 Å². The lowest BCUT2D eigenvalue weighted by Crippen LogP contribution is -2.41. The first-order valence-corrected chi connectivity index (χ1v) is 19.2. The van der Waals surface area contributed by atoms with Crippen LogP contribution in [0.25, 0.3) is 23.8 Å². The van der Waals surface area contributed by atoms with Crippen LogP contribution in [-0.4, -0.2) is 81.9 Å². The highest BCUT2D eigenvalue weighted by Crippen LogP contribution is 2.44. The molecule has 0 saturated heterocycles. The lowest BCUT2D eigenvalue weighted by Gasteiger charge is -2.22. The number of aliphatic imine (C=N–C) groups is 2. The molecule has 4 aliphatic rings. The van der Waals surface area contributed by atoms with Crippen LogP contribution in [0.5, 0.6) is 0 Å². The summed E-state index contributed by atoms with van der Waals surface area (Å²) in [6.45, 7) is 10.7. The number of nitrogens with zero attached hydrogens (tertiary/aromatic N) is 4. The van der Waals surface area contributed by atoms with E-state index < -0.39 is 46.2 Å². The third-order valence-electron chi connectivity index (χ3n) is 10.9. The highest BCUT2D eigenvalue weighted by molar-refractivity contribution is 7.85. The van der Waals surface area contributed by atoms with E-state index in [1.807, 2.05) is 32.1 Å². The summed E-state index contributed by atoms with van der Waals surface area (Å²) in [4.78, 5) is 63.2. The monoisotopic (exact) mass is 748 g/mol. The molecular formula is C37H44N6O9S. The first kappa shape index (κ1) is 37.7. The van der Waals surface area contributed by atoms with Gasteiger partial charge in [0.2, 0.25) is 0 Å². The molecule has 4 aliphatic heterocycles. The minimum Gasteiger partial charge on any atom is -0.481 e. The average molecular weight is 749 g/mol. The number of amides is 1. The number of rotatable bonds is 11. The van der Waals surface area contributed by atoms with Gasteiger partial charge in [-0.3, -0.25) is 33.7 Å². The van der Waals surface area contributed by atoms with Crippen LogP contribution in [0.2, 0.25) is 0 Å². The van der Waals surface area contributed by atoms with Crippen molar-refractivity contribution in [2.24, 2.45) is 33.7 Å². The van der Waals surface area contributed by atoms with Crippen molar-refractivity contribution in [2.75, 3.05) is 24.9 Å². The summed E-state index contributed by atoms with van der Waals surface area (Å²) < 4.78 is 41.2. The largest absolute Gasteiger partial charge is 0.481 e. The molecule has 4 atom stereocenters. The normalized spacial score (nSPS) is 25.0. The molecule has 1 amide bonds. The number of methoxy groups -OCH3 is 1. The Bertz CT molecular complexity index is 2340. The van der Waals surface area contributed by atoms with E-state index in [4.69, 9.17) is 14.7 Å². The molecule has 2 aromatic heterocycles. The van der Waals surface area contributed by atoms with Gasteiger partial charge in [0.25, 0.3) is 16.0 Å². The summed E-state index contributed by atoms with van der Waals surface area (Å²) in [5, 5.41) is 13.5. The zero-order chi connectivity index (χ0) is 38.7. The molecule has 0 spiro atoms. The van der Waals surface area contributed by atoms with Crippen molar-refractivity contribution < 1.29 is 42.0 Å². The zero-order valence-electron chi connectivity index (χ0n) is 30.7. The fraction of sp³-hybridized carbons (Fsp3) is 0.459. The first-order valence-electron chi connectivity index (χ1n) is 17.6. The maximum atomic E-state index is 14.3. The molecule has 15 nitrogen and oxygen atoms in total. The molecule has 6 bridgehead atoms. The Hall–Kier alpha value is -5.09. The molecule has 0 aliphatic carbocycles. The minimum absolute atomic E-state index is 0.0136. The lowest BCUT2D eigenvalue weighted by molar-refractivity contribution is -0.139. The first-order chi connectivity index (χ1) is 25.0. The van der Waals surface area contributed by atoms with Crippen LogP contribution >= 0.6 is 0 Å². The SMILES string of the molecule is CC[C@H]1/C2=C/c3c(C)c(C(=O)NCCS(=O)(=O)O)c4n3Nn3/c(c(C)c(C(C)=O)/c3=C/C(=N2)[C@@H]1C)=C\C1=NC(=C\4CC(=O)OC)/[C@@H](CCC(=O)O)[C@@H]1C. The van der Waals surface area contributed by atoms with Crippen LogP contribution in [0.3, 0.4) is 0 Å². The number of carboxylic acid groups (broad SMARTS) is 1. The van der Waals surface area contributed by atoms with Gasteiger partial charge < -0.3 is 15.2 Å².